The van der Waals surface area contributed by atoms with E-state index in [1.165, 1.54) is 43.1 Å². The lowest BCUT2D eigenvalue weighted by Gasteiger charge is -2.13. The zero-order valence-electron chi connectivity index (χ0n) is 17.2. The first-order valence-electron chi connectivity index (χ1n) is 10.5. The molecular formula is C27H28I2O. The van der Waals surface area contributed by atoms with Crippen LogP contribution in [-0.4, -0.2) is 11.0 Å². The van der Waals surface area contributed by atoms with Crippen LogP contribution in [0.1, 0.15) is 42.4 Å². The van der Waals surface area contributed by atoms with Crippen molar-refractivity contribution in [2.24, 2.45) is 0 Å². The Morgan fingerprint density at radius 2 is 1.53 bits per heavy atom. The average molecular weight is 622 g/mol. The number of alkyl halides is 1. The number of allylic oxidation sites excluding steroid dienone is 1. The van der Waals surface area contributed by atoms with Gasteiger partial charge in [-0.1, -0.05) is 89.3 Å². The largest absolute Gasteiger partial charge is 0.493 e. The molecule has 1 nitrogen and oxygen atoms in total. The minimum Gasteiger partial charge on any atom is -0.493 e. The molecule has 0 aliphatic carbocycles. The first-order chi connectivity index (χ1) is 14.8. The number of rotatable bonds is 11. The molecule has 156 valence electrons. The van der Waals surface area contributed by atoms with Crippen LogP contribution in [0.2, 0.25) is 0 Å². The molecule has 0 saturated heterocycles. The third-order valence-corrected chi connectivity index (χ3v) is 6.51. The van der Waals surface area contributed by atoms with Crippen LogP contribution in [0.4, 0.5) is 0 Å². The van der Waals surface area contributed by atoms with Crippen molar-refractivity contribution in [3.8, 4) is 5.75 Å². The second-order valence-corrected chi connectivity index (χ2v) is 9.62. The first kappa shape index (κ1) is 23.3. The zero-order chi connectivity index (χ0) is 21.0. The Hall–Kier alpha value is -1.34. The van der Waals surface area contributed by atoms with Crippen LogP contribution < -0.4 is 4.74 Å². The molecular weight excluding hydrogens is 594 g/mol. The van der Waals surface area contributed by atoms with Gasteiger partial charge in [0.1, 0.15) is 5.75 Å². The van der Waals surface area contributed by atoms with Crippen molar-refractivity contribution in [2.75, 3.05) is 11.0 Å². The van der Waals surface area contributed by atoms with E-state index in [0.29, 0.717) is 0 Å². The monoisotopic (exact) mass is 622 g/mol. The number of para-hydroxylation sites is 1. The fraction of sp³-hybridized carbons (Fsp3) is 0.259. The summed E-state index contributed by atoms with van der Waals surface area (Å²) in [6.45, 7) is 0.803. The van der Waals surface area contributed by atoms with Crippen LogP contribution in [-0.2, 0) is 6.42 Å². The van der Waals surface area contributed by atoms with Gasteiger partial charge in [0.05, 0.1) is 6.61 Å². The molecule has 0 aromatic heterocycles. The third-order valence-electron chi connectivity index (χ3n) is 5.03. The van der Waals surface area contributed by atoms with E-state index in [4.69, 9.17) is 4.74 Å². The molecule has 0 radical (unpaired) electrons. The van der Waals surface area contributed by atoms with E-state index in [2.05, 4.69) is 130 Å². The van der Waals surface area contributed by atoms with Gasteiger partial charge in [0.15, 0.2) is 0 Å². The van der Waals surface area contributed by atoms with Crippen LogP contribution in [0, 0.1) is 3.57 Å². The summed E-state index contributed by atoms with van der Waals surface area (Å²) in [5.74, 6) is 1.04. The first-order valence-corrected chi connectivity index (χ1v) is 13.1. The summed E-state index contributed by atoms with van der Waals surface area (Å²) in [5.41, 5.74) is 5.17. The summed E-state index contributed by atoms with van der Waals surface area (Å²) in [7, 11) is 0. The molecule has 0 unspecified atom stereocenters. The van der Waals surface area contributed by atoms with Gasteiger partial charge in [-0.05, 0) is 99.6 Å². The average Bonchev–Trinajstić information content (AvgIpc) is 2.79. The van der Waals surface area contributed by atoms with E-state index in [0.717, 1.165) is 31.6 Å². The SMILES string of the molecule is ICCCCCOc1ccccc1CC/C(=C/c1ccc(I)cc1)c1ccccc1. The summed E-state index contributed by atoms with van der Waals surface area (Å²) >= 11 is 4.79. The molecule has 0 fully saturated rings. The van der Waals surface area contributed by atoms with Crippen molar-refractivity contribution in [1.82, 2.24) is 0 Å². The number of ether oxygens (including phenoxy) is 1. The fourth-order valence-electron chi connectivity index (χ4n) is 3.39. The summed E-state index contributed by atoms with van der Waals surface area (Å²) in [6.07, 6.45) is 7.90. The lowest BCUT2D eigenvalue weighted by molar-refractivity contribution is 0.303. The molecule has 3 rings (SSSR count). The summed E-state index contributed by atoms with van der Waals surface area (Å²) in [4.78, 5) is 0. The molecule has 0 spiro atoms. The maximum atomic E-state index is 6.13. The number of halogens is 2. The van der Waals surface area contributed by atoms with Gasteiger partial charge in [-0.3, -0.25) is 0 Å². The highest BCUT2D eigenvalue weighted by Crippen LogP contribution is 2.27. The van der Waals surface area contributed by atoms with Gasteiger partial charge in [-0.2, -0.15) is 0 Å². The molecule has 0 aliphatic rings. The Morgan fingerprint density at radius 3 is 2.30 bits per heavy atom. The molecule has 0 aliphatic heterocycles. The Bertz CT molecular complexity index is 917. The van der Waals surface area contributed by atoms with Gasteiger partial charge in [0.2, 0.25) is 0 Å². The minimum absolute atomic E-state index is 0.803. The molecule has 30 heavy (non-hydrogen) atoms. The highest BCUT2D eigenvalue weighted by Gasteiger charge is 2.07. The molecule has 0 atom stereocenters. The van der Waals surface area contributed by atoms with Gasteiger partial charge >= 0.3 is 0 Å². The number of aryl methyl sites for hydroxylation is 1. The molecule has 0 heterocycles. The van der Waals surface area contributed by atoms with E-state index >= 15 is 0 Å². The van der Waals surface area contributed by atoms with Crippen molar-refractivity contribution >= 4 is 56.8 Å². The standard InChI is InChI=1S/C27H28I2O/c28-19-7-2-8-20-30-27-12-6-5-11-24(27)15-16-25(23-9-3-1-4-10-23)21-22-13-17-26(29)18-14-22/h1,3-6,9-14,17-18,21H,2,7-8,15-16,19-20H2/b25-21-. The molecule has 0 saturated carbocycles. The van der Waals surface area contributed by atoms with Crippen LogP contribution in [0.5, 0.6) is 5.75 Å². The molecule has 0 N–H and O–H groups in total. The lowest BCUT2D eigenvalue weighted by Crippen LogP contribution is -2.01. The summed E-state index contributed by atoms with van der Waals surface area (Å²) < 4.78 is 8.62. The predicted octanol–water partition coefficient (Wildman–Crippen LogP) is 8.45. The minimum atomic E-state index is 0.803. The van der Waals surface area contributed by atoms with Gasteiger partial charge < -0.3 is 4.74 Å². The van der Waals surface area contributed by atoms with E-state index in [1.54, 1.807) is 0 Å². The maximum absolute atomic E-state index is 6.13. The number of hydrogen-bond acceptors (Lipinski definition) is 1. The quantitative estimate of drug-likeness (QED) is 0.0903. The molecule has 0 bridgehead atoms. The highest BCUT2D eigenvalue weighted by molar-refractivity contribution is 14.1. The number of unbranched alkanes of at least 4 members (excludes halogenated alkanes) is 2. The fourth-order valence-corrected chi connectivity index (χ4v) is 4.29. The smallest absolute Gasteiger partial charge is 0.122 e. The van der Waals surface area contributed by atoms with Crippen molar-refractivity contribution in [2.45, 2.75) is 32.1 Å². The Morgan fingerprint density at radius 1 is 0.800 bits per heavy atom. The molecule has 3 aromatic rings. The summed E-state index contributed by atoms with van der Waals surface area (Å²) in [6, 6.07) is 27.9. The van der Waals surface area contributed by atoms with Gasteiger partial charge in [-0.15, -0.1) is 0 Å². The third kappa shape index (κ3) is 7.73. The highest BCUT2D eigenvalue weighted by atomic mass is 127. The Balaban J connectivity index is 1.72. The topological polar surface area (TPSA) is 9.23 Å². The van der Waals surface area contributed by atoms with E-state index in [9.17, 15) is 0 Å². The summed E-state index contributed by atoms with van der Waals surface area (Å²) in [5, 5.41) is 0. The number of hydrogen-bond donors (Lipinski definition) is 0. The van der Waals surface area contributed by atoms with Gasteiger partial charge in [0, 0.05) is 3.57 Å². The normalized spacial score (nSPS) is 11.5. The van der Waals surface area contributed by atoms with Crippen LogP contribution >= 0.6 is 45.2 Å². The van der Waals surface area contributed by atoms with Crippen molar-refractivity contribution < 1.29 is 4.74 Å². The van der Waals surface area contributed by atoms with Gasteiger partial charge in [0.25, 0.3) is 0 Å². The maximum Gasteiger partial charge on any atom is 0.122 e. The molecule has 3 heteroatoms. The predicted molar refractivity (Wildman–Crippen MR) is 146 cm³/mol. The van der Waals surface area contributed by atoms with Crippen LogP contribution in [0.25, 0.3) is 11.6 Å². The second kappa shape index (κ2) is 13.2. The molecule has 3 aromatic carbocycles. The van der Waals surface area contributed by atoms with E-state index in [-0.39, 0.29) is 0 Å². The van der Waals surface area contributed by atoms with E-state index in [1.807, 2.05) is 0 Å². The number of benzene rings is 3. The molecule has 0 amide bonds. The van der Waals surface area contributed by atoms with Crippen LogP contribution in [0.15, 0.2) is 78.9 Å². The van der Waals surface area contributed by atoms with Crippen molar-refractivity contribution in [3.05, 3.63) is 99.1 Å². The van der Waals surface area contributed by atoms with Crippen LogP contribution in [0.3, 0.4) is 0 Å². The van der Waals surface area contributed by atoms with Crippen molar-refractivity contribution in [3.63, 3.8) is 0 Å². The van der Waals surface area contributed by atoms with E-state index < -0.39 is 0 Å². The van der Waals surface area contributed by atoms with Gasteiger partial charge in [-0.25, -0.2) is 0 Å². The second-order valence-electron chi connectivity index (χ2n) is 7.29. The zero-order valence-corrected chi connectivity index (χ0v) is 21.5. The Kier molecular flexibility index (Phi) is 10.2. The van der Waals surface area contributed by atoms with Crippen molar-refractivity contribution in [1.29, 1.82) is 0 Å². The Labute approximate surface area is 208 Å². The lowest BCUT2D eigenvalue weighted by atomic mass is 9.96.